The smallest absolute Gasteiger partial charge is 0.272 e. The number of imidazole rings is 1. The summed E-state index contributed by atoms with van der Waals surface area (Å²) in [4.78, 5) is 47.4. The van der Waals surface area contributed by atoms with Crippen LogP contribution in [-0.2, 0) is 17.7 Å². The van der Waals surface area contributed by atoms with Crippen molar-refractivity contribution in [3.8, 4) is 11.5 Å². The number of rotatable bonds is 4. The van der Waals surface area contributed by atoms with Crippen molar-refractivity contribution in [1.82, 2.24) is 39.3 Å². The van der Waals surface area contributed by atoms with Gasteiger partial charge in [-0.1, -0.05) is 6.42 Å². The van der Waals surface area contributed by atoms with Crippen molar-refractivity contribution in [2.24, 2.45) is 5.73 Å². The van der Waals surface area contributed by atoms with Crippen molar-refractivity contribution in [3.63, 3.8) is 0 Å². The zero-order chi connectivity index (χ0) is 33.8. The molecule has 3 aliphatic rings. The Balaban J connectivity index is 1.20. The summed E-state index contributed by atoms with van der Waals surface area (Å²) in [5.74, 6) is -0.337. The van der Waals surface area contributed by atoms with Crippen LogP contribution in [0.1, 0.15) is 89.8 Å². The van der Waals surface area contributed by atoms with Crippen LogP contribution in [0.2, 0.25) is 0 Å². The summed E-state index contributed by atoms with van der Waals surface area (Å²) >= 11 is 0. The lowest BCUT2D eigenvalue weighted by molar-refractivity contribution is 0.0227. The van der Waals surface area contributed by atoms with Gasteiger partial charge >= 0.3 is 0 Å². The van der Waals surface area contributed by atoms with E-state index in [1.807, 2.05) is 23.6 Å². The van der Waals surface area contributed by atoms with Crippen molar-refractivity contribution < 1.29 is 18.7 Å². The first-order chi connectivity index (χ1) is 23.8. The number of methoxy groups -OCH3 is 1. The highest BCUT2D eigenvalue weighted by atomic mass is 19.1. The third-order valence-corrected chi connectivity index (χ3v) is 10.2. The largest absolute Gasteiger partial charge is 0.380 e. The minimum absolute atomic E-state index is 0.109. The summed E-state index contributed by atoms with van der Waals surface area (Å²) in [6, 6.07) is 8.50. The summed E-state index contributed by atoms with van der Waals surface area (Å²) < 4.78 is 25.8. The molecule has 3 N–H and O–H groups in total. The molecule has 2 amide bonds. The van der Waals surface area contributed by atoms with Crippen molar-refractivity contribution in [2.45, 2.75) is 82.6 Å². The van der Waals surface area contributed by atoms with Gasteiger partial charge in [0.1, 0.15) is 22.7 Å². The Morgan fingerprint density at radius 1 is 1.04 bits per heavy atom. The zero-order valence-electron chi connectivity index (χ0n) is 27.7. The Kier molecular flexibility index (Phi) is 8.11. The molecule has 12 nitrogen and oxygen atoms in total. The van der Waals surface area contributed by atoms with Crippen LogP contribution in [0.3, 0.4) is 0 Å². The van der Waals surface area contributed by atoms with Gasteiger partial charge in [-0.05, 0) is 75.8 Å². The number of likely N-dealkylation sites (tertiary alicyclic amines) is 1. The number of hydrogen-bond donors (Lipinski definition) is 2. The molecule has 2 bridgehead atoms. The molecule has 0 radical (unpaired) electrons. The second-order valence-corrected chi connectivity index (χ2v) is 13.5. The first-order valence-corrected chi connectivity index (χ1v) is 17.2. The van der Waals surface area contributed by atoms with E-state index in [9.17, 15) is 9.59 Å². The Morgan fingerprint density at radius 2 is 1.88 bits per heavy atom. The van der Waals surface area contributed by atoms with E-state index in [0.29, 0.717) is 66.4 Å². The number of nitrogens with zero attached hydrogens (tertiary/aromatic N) is 7. The molecule has 1 saturated heterocycles. The van der Waals surface area contributed by atoms with Crippen LogP contribution in [-0.4, -0.2) is 78.1 Å². The molecule has 2 fully saturated rings. The molecule has 8 rings (SSSR count). The minimum Gasteiger partial charge on any atom is -0.380 e. The van der Waals surface area contributed by atoms with Gasteiger partial charge in [0.2, 0.25) is 0 Å². The predicted octanol–water partition coefficient (Wildman–Crippen LogP) is 4.72. The number of benzene rings is 1. The summed E-state index contributed by atoms with van der Waals surface area (Å²) in [6.07, 6.45) is 8.80. The van der Waals surface area contributed by atoms with Crippen LogP contribution in [0, 0.1) is 5.82 Å². The van der Waals surface area contributed by atoms with Gasteiger partial charge in [-0.15, -0.1) is 0 Å². The lowest BCUT2D eigenvalue weighted by Crippen LogP contribution is -2.53. The van der Waals surface area contributed by atoms with Crippen LogP contribution in [0.25, 0.3) is 33.6 Å². The number of nitrogens with two attached hydrogens (primary N) is 1. The quantitative estimate of drug-likeness (QED) is 0.281. The summed E-state index contributed by atoms with van der Waals surface area (Å²) in [5.41, 5.74) is 10.8. The fraction of sp³-hybridized carbons (Fsp3) is 0.444. The molecule has 0 unspecified atom stereocenters. The average molecular weight is 666 g/mol. The van der Waals surface area contributed by atoms with Crippen molar-refractivity contribution in [3.05, 3.63) is 71.2 Å². The molecular weight excluding hydrogens is 625 g/mol. The number of carbonyl (C=O) groups is 2. The number of amides is 2. The lowest BCUT2D eigenvalue weighted by atomic mass is 10.0. The fourth-order valence-electron chi connectivity index (χ4n) is 7.41. The highest BCUT2D eigenvalue weighted by Crippen LogP contribution is 2.43. The number of fused-ring (bicyclic) bond motifs is 3. The van der Waals surface area contributed by atoms with E-state index in [2.05, 4.69) is 25.9 Å². The molecule has 5 aromatic rings. The number of nitrogens with one attached hydrogen (secondary N) is 1. The standard InChI is InChI=1S/C36H40FN9O3/c1-20-26-10-7-21-18-29(45(33(21)42-26)14-5-3-4-6-27-31(35(47)41-20)40-13-12-39-27)34-43-28-17-22(16-24(37)32(28)46(34)23-8-9-23)36(48)44-15-11-30(49-2)25(38)19-44/h7,10,12-13,16-18,20,23,25,30H,3-6,8-9,11,14-15,19,38H2,1-2H3,(H,41,47)/t20-,25+,30-/m1/s1. The van der Waals surface area contributed by atoms with E-state index in [1.165, 1.54) is 6.07 Å². The number of halogens is 1. The molecule has 3 atom stereocenters. The maximum absolute atomic E-state index is 16.2. The van der Waals surface area contributed by atoms with Gasteiger partial charge in [-0.3, -0.25) is 14.6 Å². The molecule has 1 aromatic carbocycles. The minimum atomic E-state index is -0.465. The van der Waals surface area contributed by atoms with E-state index >= 15 is 4.39 Å². The second kappa shape index (κ2) is 12.6. The molecule has 4 aromatic heterocycles. The van der Waals surface area contributed by atoms with Gasteiger partial charge in [0.25, 0.3) is 11.8 Å². The van der Waals surface area contributed by atoms with Crippen LogP contribution in [0.4, 0.5) is 4.39 Å². The number of aromatic nitrogens is 6. The normalized spacial score (nSPS) is 21.9. The van der Waals surface area contributed by atoms with Gasteiger partial charge in [0.15, 0.2) is 5.82 Å². The van der Waals surface area contributed by atoms with Crippen molar-refractivity contribution >= 4 is 33.9 Å². The van der Waals surface area contributed by atoms with Gasteiger partial charge in [0.05, 0.1) is 34.7 Å². The zero-order valence-corrected chi connectivity index (χ0v) is 27.7. The third kappa shape index (κ3) is 5.74. The van der Waals surface area contributed by atoms with Crippen LogP contribution in [0.5, 0.6) is 0 Å². The van der Waals surface area contributed by atoms with Crippen molar-refractivity contribution in [1.29, 1.82) is 0 Å². The monoisotopic (exact) mass is 665 g/mol. The Labute approximate surface area is 282 Å². The Hall–Kier alpha value is -4.75. The van der Waals surface area contributed by atoms with E-state index < -0.39 is 5.82 Å². The Bertz CT molecular complexity index is 2090. The molecule has 6 heterocycles. The van der Waals surface area contributed by atoms with Gasteiger partial charge in [0, 0.05) is 62.2 Å². The summed E-state index contributed by atoms with van der Waals surface area (Å²) in [6.45, 7) is 3.42. The highest BCUT2D eigenvalue weighted by Gasteiger charge is 2.34. The summed E-state index contributed by atoms with van der Waals surface area (Å²) in [5, 5.41) is 3.99. The van der Waals surface area contributed by atoms with Crippen LogP contribution >= 0.6 is 0 Å². The van der Waals surface area contributed by atoms with E-state index in [0.717, 1.165) is 48.8 Å². The topological polar surface area (TPSA) is 146 Å². The number of piperidine rings is 1. The average Bonchev–Trinajstić information content (AvgIpc) is 3.77. The molecule has 49 heavy (non-hydrogen) atoms. The van der Waals surface area contributed by atoms with E-state index in [4.69, 9.17) is 20.4 Å². The maximum atomic E-state index is 16.2. The van der Waals surface area contributed by atoms with Crippen LogP contribution in [0.15, 0.2) is 42.7 Å². The maximum Gasteiger partial charge on any atom is 0.272 e. The predicted molar refractivity (Wildman–Crippen MR) is 181 cm³/mol. The second-order valence-electron chi connectivity index (χ2n) is 13.5. The van der Waals surface area contributed by atoms with Crippen LogP contribution < -0.4 is 11.1 Å². The molecule has 13 heteroatoms. The molecule has 254 valence electrons. The molecule has 1 aliphatic carbocycles. The van der Waals surface area contributed by atoms with E-state index in [1.54, 1.807) is 30.5 Å². The molecule has 1 saturated carbocycles. The number of aryl methyl sites for hydroxylation is 2. The number of ether oxygens (including phenoxy) is 1. The first kappa shape index (κ1) is 31.5. The molecule has 0 spiro atoms. The lowest BCUT2D eigenvalue weighted by Gasteiger charge is -2.35. The Morgan fingerprint density at radius 3 is 2.67 bits per heavy atom. The van der Waals surface area contributed by atoms with Gasteiger partial charge < -0.3 is 29.8 Å². The number of hydrogen-bond acceptors (Lipinski definition) is 8. The van der Waals surface area contributed by atoms with Crippen molar-refractivity contribution in [2.75, 3.05) is 20.2 Å². The third-order valence-electron chi connectivity index (χ3n) is 10.2. The highest BCUT2D eigenvalue weighted by molar-refractivity contribution is 5.98. The fourth-order valence-corrected chi connectivity index (χ4v) is 7.41. The number of pyridine rings is 1. The van der Waals surface area contributed by atoms with Gasteiger partial charge in [-0.25, -0.2) is 19.3 Å². The number of carbonyl (C=O) groups excluding carboxylic acids is 2. The first-order valence-electron chi connectivity index (χ1n) is 17.2. The van der Waals surface area contributed by atoms with E-state index in [-0.39, 0.29) is 41.6 Å². The van der Waals surface area contributed by atoms with Gasteiger partial charge in [-0.2, -0.15) is 0 Å². The summed E-state index contributed by atoms with van der Waals surface area (Å²) in [7, 11) is 1.63. The molecule has 2 aliphatic heterocycles. The SMILES string of the molecule is CO[C@@H]1CCN(C(=O)c2cc(F)c3c(c2)nc(-c2cc4ccc5nc4n2CCCCCc2nccnc2C(=O)N[C@@H]5C)n3C2CC2)C[C@@H]1N. The molecular formula is C36H40FN9O3.